The van der Waals surface area contributed by atoms with Crippen molar-refractivity contribution in [1.82, 2.24) is 4.90 Å². The number of hydrogen-bond acceptors (Lipinski definition) is 3. The van der Waals surface area contributed by atoms with Gasteiger partial charge in [0, 0.05) is 20.2 Å². The van der Waals surface area contributed by atoms with Crippen molar-refractivity contribution in [2.24, 2.45) is 0 Å². The predicted molar refractivity (Wildman–Crippen MR) is 49.0 cm³/mol. The molecule has 0 spiro atoms. The summed E-state index contributed by atoms with van der Waals surface area (Å²) in [5.74, 6) is 0.0181. The minimum absolute atomic E-state index is 0.0181. The van der Waals surface area contributed by atoms with E-state index >= 15 is 0 Å². The van der Waals surface area contributed by atoms with Crippen LogP contribution in [-0.4, -0.2) is 37.6 Å². The van der Waals surface area contributed by atoms with Crippen LogP contribution < -0.4 is 0 Å². The molecule has 4 nitrogen and oxygen atoms in total. The number of rotatable bonds is 5. The molecule has 0 rings (SSSR count). The molecule has 0 aromatic rings. The molecular formula is C9H16N2O2. The number of amides is 1. The Kier molecular flexibility index (Phi) is 5.90. The molecule has 0 aliphatic heterocycles. The van der Waals surface area contributed by atoms with E-state index in [-0.39, 0.29) is 11.9 Å². The molecule has 0 heterocycles. The molecule has 0 aromatic carbocycles. The normalized spacial score (nSPS) is 11.8. The van der Waals surface area contributed by atoms with Gasteiger partial charge in [0.05, 0.1) is 25.5 Å². The Morgan fingerprint density at radius 2 is 2.31 bits per heavy atom. The zero-order valence-corrected chi connectivity index (χ0v) is 8.41. The van der Waals surface area contributed by atoms with Crippen LogP contribution in [0, 0.1) is 11.3 Å². The highest BCUT2D eigenvalue weighted by Crippen LogP contribution is 2.02. The fraction of sp³-hybridized carbons (Fsp3) is 0.778. The second-order valence-corrected chi connectivity index (χ2v) is 2.96. The summed E-state index contributed by atoms with van der Waals surface area (Å²) in [6, 6.07) is 2.02. The Morgan fingerprint density at radius 1 is 1.69 bits per heavy atom. The summed E-state index contributed by atoms with van der Waals surface area (Å²) in [5, 5.41) is 8.43. The fourth-order valence-electron chi connectivity index (χ4n) is 0.881. The molecule has 0 saturated carbocycles. The fourth-order valence-corrected chi connectivity index (χ4v) is 0.881. The van der Waals surface area contributed by atoms with Gasteiger partial charge in [0.1, 0.15) is 0 Å². The van der Waals surface area contributed by atoms with Crippen LogP contribution in [0.25, 0.3) is 0 Å². The average Bonchev–Trinajstić information content (AvgIpc) is 2.13. The largest absolute Gasteiger partial charge is 0.384 e. The van der Waals surface area contributed by atoms with Crippen LogP contribution in [0.2, 0.25) is 0 Å². The smallest absolute Gasteiger partial charge is 0.224 e. The van der Waals surface area contributed by atoms with Gasteiger partial charge in [0.25, 0.3) is 0 Å². The minimum atomic E-state index is -0.0191. The number of nitrogens with zero attached hydrogens (tertiary/aromatic N) is 2. The lowest BCUT2D eigenvalue weighted by atomic mass is 10.2. The molecule has 0 fully saturated rings. The van der Waals surface area contributed by atoms with Gasteiger partial charge >= 0.3 is 0 Å². The van der Waals surface area contributed by atoms with Crippen LogP contribution >= 0.6 is 0 Å². The monoisotopic (exact) mass is 184 g/mol. The zero-order valence-electron chi connectivity index (χ0n) is 8.41. The van der Waals surface area contributed by atoms with E-state index in [0.717, 1.165) is 0 Å². The van der Waals surface area contributed by atoms with Gasteiger partial charge in [-0.05, 0) is 6.92 Å². The van der Waals surface area contributed by atoms with Crippen LogP contribution in [0.4, 0.5) is 0 Å². The maximum atomic E-state index is 11.4. The van der Waals surface area contributed by atoms with Gasteiger partial charge in [0.2, 0.25) is 5.91 Å². The molecule has 1 atom stereocenters. The Labute approximate surface area is 79.1 Å². The molecule has 0 aliphatic carbocycles. The third kappa shape index (κ3) is 4.48. The van der Waals surface area contributed by atoms with E-state index in [1.807, 2.05) is 13.0 Å². The van der Waals surface area contributed by atoms with Crippen LogP contribution in [0.15, 0.2) is 0 Å². The summed E-state index contributed by atoms with van der Waals surface area (Å²) in [4.78, 5) is 12.9. The van der Waals surface area contributed by atoms with E-state index in [9.17, 15) is 4.79 Å². The van der Waals surface area contributed by atoms with Crippen molar-refractivity contribution >= 4 is 5.91 Å². The lowest BCUT2D eigenvalue weighted by Crippen LogP contribution is -2.35. The summed E-state index contributed by atoms with van der Waals surface area (Å²) < 4.78 is 4.79. The third-order valence-corrected chi connectivity index (χ3v) is 1.96. The van der Waals surface area contributed by atoms with Crippen molar-refractivity contribution in [2.45, 2.75) is 25.8 Å². The number of nitriles is 1. The molecule has 13 heavy (non-hydrogen) atoms. The Morgan fingerprint density at radius 3 is 2.77 bits per heavy atom. The van der Waals surface area contributed by atoms with E-state index in [4.69, 9.17) is 10.00 Å². The molecule has 0 N–H and O–H groups in total. The molecule has 74 valence electrons. The molecule has 0 saturated heterocycles. The van der Waals surface area contributed by atoms with Gasteiger partial charge in [-0.3, -0.25) is 4.79 Å². The lowest BCUT2D eigenvalue weighted by molar-refractivity contribution is -0.132. The van der Waals surface area contributed by atoms with Gasteiger partial charge in [0.15, 0.2) is 0 Å². The first-order valence-corrected chi connectivity index (χ1v) is 4.25. The second-order valence-electron chi connectivity index (χ2n) is 2.96. The van der Waals surface area contributed by atoms with Crippen molar-refractivity contribution in [3.05, 3.63) is 0 Å². The number of carbonyl (C=O) groups excluding carboxylic acids is 1. The quantitative estimate of drug-likeness (QED) is 0.634. The van der Waals surface area contributed by atoms with E-state index in [1.165, 1.54) is 0 Å². The van der Waals surface area contributed by atoms with Crippen molar-refractivity contribution in [3.8, 4) is 6.07 Å². The van der Waals surface area contributed by atoms with Gasteiger partial charge in [-0.2, -0.15) is 5.26 Å². The van der Waals surface area contributed by atoms with Crippen molar-refractivity contribution in [2.75, 3.05) is 20.8 Å². The maximum Gasteiger partial charge on any atom is 0.224 e. The molecule has 0 radical (unpaired) electrons. The zero-order chi connectivity index (χ0) is 10.3. The number of carbonyl (C=O) groups is 1. The first kappa shape index (κ1) is 11.9. The SMILES string of the molecule is COCCC(=O)N(C)C(C)CC#N. The molecule has 0 aliphatic rings. The van der Waals surface area contributed by atoms with Gasteiger partial charge in [-0.15, -0.1) is 0 Å². The Hall–Kier alpha value is -1.08. The first-order chi connectivity index (χ1) is 6.13. The number of methoxy groups -OCH3 is 1. The van der Waals surface area contributed by atoms with E-state index < -0.39 is 0 Å². The maximum absolute atomic E-state index is 11.4. The van der Waals surface area contributed by atoms with Crippen LogP contribution in [0.1, 0.15) is 19.8 Å². The molecular weight excluding hydrogens is 168 g/mol. The second kappa shape index (κ2) is 6.44. The minimum Gasteiger partial charge on any atom is -0.384 e. The Balaban J connectivity index is 3.88. The number of hydrogen-bond donors (Lipinski definition) is 0. The summed E-state index contributed by atoms with van der Waals surface area (Å²) in [6.45, 7) is 2.29. The third-order valence-electron chi connectivity index (χ3n) is 1.96. The standard InChI is InChI=1S/C9H16N2O2/c1-8(4-6-10)11(2)9(12)5-7-13-3/h8H,4-5,7H2,1-3H3. The highest BCUT2D eigenvalue weighted by atomic mass is 16.5. The van der Waals surface area contributed by atoms with Gasteiger partial charge in [-0.1, -0.05) is 0 Å². The van der Waals surface area contributed by atoms with E-state index in [1.54, 1.807) is 19.1 Å². The topological polar surface area (TPSA) is 53.3 Å². The van der Waals surface area contributed by atoms with Crippen LogP contribution in [-0.2, 0) is 9.53 Å². The Bertz CT molecular complexity index is 198. The molecule has 0 bridgehead atoms. The molecule has 0 aromatic heterocycles. The van der Waals surface area contributed by atoms with Crippen LogP contribution in [0.3, 0.4) is 0 Å². The summed E-state index contributed by atoms with van der Waals surface area (Å²) in [7, 11) is 3.27. The van der Waals surface area contributed by atoms with Crippen molar-refractivity contribution < 1.29 is 9.53 Å². The van der Waals surface area contributed by atoms with E-state index in [2.05, 4.69) is 0 Å². The predicted octanol–water partition coefficient (Wildman–Crippen LogP) is 0.783. The molecule has 1 amide bonds. The van der Waals surface area contributed by atoms with E-state index in [0.29, 0.717) is 19.4 Å². The van der Waals surface area contributed by atoms with Gasteiger partial charge < -0.3 is 9.64 Å². The van der Waals surface area contributed by atoms with Crippen molar-refractivity contribution in [3.63, 3.8) is 0 Å². The summed E-state index contributed by atoms with van der Waals surface area (Å²) >= 11 is 0. The first-order valence-electron chi connectivity index (χ1n) is 4.25. The number of ether oxygens (including phenoxy) is 1. The van der Waals surface area contributed by atoms with Gasteiger partial charge in [-0.25, -0.2) is 0 Å². The lowest BCUT2D eigenvalue weighted by Gasteiger charge is -2.22. The summed E-state index contributed by atoms with van der Waals surface area (Å²) in [6.07, 6.45) is 0.748. The average molecular weight is 184 g/mol. The highest BCUT2D eigenvalue weighted by Gasteiger charge is 2.14. The van der Waals surface area contributed by atoms with Crippen molar-refractivity contribution in [1.29, 1.82) is 5.26 Å². The molecule has 4 heteroatoms. The van der Waals surface area contributed by atoms with Crippen LogP contribution in [0.5, 0.6) is 0 Å². The molecule has 1 unspecified atom stereocenters. The highest BCUT2D eigenvalue weighted by molar-refractivity contribution is 5.76. The summed E-state index contributed by atoms with van der Waals surface area (Å²) in [5.41, 5.74) is 0.